The highest BCUT2D eigenvalue weighted by Gasteiger charge is 2.08. The minimum absolute atomic E-state index is 0.0191. The van der Waals surface area contributed by atoms with Crippen LogP contribution in [0.5, 0.6) is 0 Å². The van der Waals surface area contributed by atoms with Crippen LogP contribution in [0.4, 0.5) is 11.6 Å². The maximum Gasteiger partial charge on any atom is 0.221 e. The summed E-state index contributed by atoms with van der Waals surface area (Å²) in [6, 6.07) is 0. The van der Waals surface area contributed by atoms with Crippen molar-refractivity contribution in [2.24, 2.45) is 5.84 Å². The van der Waals surface area contributed by atoms with Gasteiger partial charge in [-0.05, 0) is 20.8 Å². The second-order valence-electron chi connectivity index (χ2n) is 3.87. The quantitative estimate of drug-likeness (QED) is 0.429. The van der Waals surface area contributed by atoms with E-state index in [-0.39, 0.29) is 5.91 Å². The summed E-state index contributed by atoms with van der Waals surface area (Å²) in [4.78, 5) is 19.7. The molecule has 5 N–H and O–H groups in total. The van der Waals surface area contributed by atoms with Gasteiger partial charge in [0.15, 0.2) is 0 Å². The van der Waals surface area contributed by atoms with Gasteiger partial charge < -0.3 is 16.1 Å². The van der Waals surface area contributed by atoms with Crippen molar-refractivity contribution in [2.75, 3.05) is 23.8 Å². The van der Waals surface area contributed by atoms with E-state index >= 15 is 0 Å². The topological polar surface area (TPSA) is 105 Å². The van der Waals surface area contributed by atoms with E-state index in [2.05, 4.69) is 26.0 Å². The molecular formula is C11H20N6O. The largest absolute Gasteiger partial charge is 0.369 e. The van der Waals surface area contributed by atoms with Crippen LogP contribution in [0.2, 0.25) is 0 Å². The number of nitrogen functional groups attached to an aromatic ring is 1. The molecule has 0 aliphatic carbocycles. The molecular weight excluding hydrogens is 232 g/mol. The second-order valence-corrected chi connectivity index (χ2v) is 3.87. The van der Waals surface area contributed by atoms with Crippen molar-refractivity contribution >= 4 is 17.5 Å². The molecule has 0 atom stereocenters. The molecule has 7 nitrogen and oxygen atoms in total. The lowest BCUT2D eigenvalue weighted by atomic mass is 10.3. The number of hydrazine groups is 1. The average Bonchev–Trinajstić information content (AvgIpc) is 2.33. The Labute approximate surface area is 107 Å². The Kier molecular flexibility index (Phi) is 5.31. The lowest BCUT2D eigenvalue weighted by Crippen LogP contribution is -2.25. The van der Waals surface area contributed by atoms with Gasteiger partial charge >= 0.3 is 0 Å². The first-order chi connectivity index (χ1) is 8.58. The van der Waals surface area contributed by atoms with Crippen LogP contribution in [-0.2, 0) is 4.79 Å². The molecule has 1 heterocycles. The van der Waals surface area contributed by atoms with Crippen LogP contribution in [-0.4, -0.2) is 29.0 Å². The Balaban J connectivity index is 2.62. The minimum Gasteiger partial charge on any atom is -0.369 e. The van der Waals surface area contributed by atoms with Crippen molar-refractivity contribution in [2.45, 2.75) is 27.2 Å². The number of nitrogens with zero attached hydrogens (tertiary/aromatic N) is 2. The lowest BCUT2D eigenvalue weighted by molar-refractivity contribution is -0.120. The van der Waals surface area contributed by atoms with E-state index < -0.39 is 0 Å². The van der Waals surface area contributed by atoms with Gasteiger partial charge in [-0.3, -0.25) is 4.79 Å². The van der Waals surface area contributed by atoms with E-state index in [1.54, 1.807) is 6.92 Å². The Hall–Kier alpha value is -1.89. The van der Waals surface area contributed by atoms with Crippen molar-refractivity contribution in [3.05, 3.63) is 11.4 Å². The van der Waals surface area contributed by atoms with Crippen LogP contribution in [0, 0.1) is 13.8 Å². The number of carbonyl (C=O) groups is 1. The van der Waals surface area contributed by atoms with E-state index in [0.29, 0.717) is 37.0 Å². The zero-order valence-electron chi connectivity index (χ0n) is 11.0. The minimum atomic E-state index is 0.0191. The molecule has 18 heavy (non-hydrogen) atoms. The van der Waals surface area contributed by atoms with Crippen LogP contribution < -0.4 is 21.9 Å². The van der Waals surface area contributed by atoms with Gasteiger partial charge in [-0.15, -0.1) is 0 Å². The van der Waals surface area contributed by atoms with Gasteiger partial charge in [0.2, 0.25) is 5.91 Å². The van der Waals surface area contributed by atoms with Crippen molar-refractivity contribution in [1.29, 1.82) is 0 Å². The number of carbonyl (C=O) groups excluding carboxylic acids is 1. The third-order valence-electron chi connectivity index (χ3n) is 2.41. The molecule has 0 saturated carbocycles. The summed E-state index contributed by atoms with van der Waals surface area (Å²) in [6.07, 6.45) is 0.404. The van der Waals surface area contributed by atoms with E-state index in [1.165, 1.54) is 0 Å². The standard InChI is InChI=1S/C11H20N6O/c1-4-13-9(18)5-6-14-10-7(2)11(17-12)16-8(3)15-10/h4-6,12H2,1-3H3,(H,13,18)(H2,14,15,16,17). The Bertz CT molecular complexity index is 420. The monoisotopic (exact) mass is 252 g/mol. The van der Waals surface area contributed by atoms with Crippen LogP contribution in [0.1, 0.15) is 24.7 Å². The maximum absolute atomic E-state index is 11.3. The molecule has 1 amide bonds. The summed E-state index contributed by atoms with van der Waals surface area (Å²) in [5, 5.41) is 5.85. The third kappa shape index (κ3) is 3.85. The highest BCUT2D eigenvalue weighted by Crippen LogP contribution is 2.18. The van der Waals surface area contributed by atoms with E-state index in [0.717, 1.165) is 5.56 Å². The van der Waals surface area contributed by atoms with Crippen LogP contribution in [0.3, 0.4) is 0 Å². The van der Waals surface area contributed by atoms with Gasteiger partial charge in [-0.2, -0.15) is 0 Å². The average molecular weight is 252 g/mol. The number of rotatable bonds is 6. The van der Waals surface area contributed by atoms with Crippen molar-refractivity contribution < 1.29 is 4.79 Å². The van der Waals surface area contributed by atoms with Gasteiger partial charge in [0.05, 0.1) is 0 Å². The summed E-state index contributed by atoms with van der Waals surface area (Å²) in [6.45, 7) is 6.71. The Morgan fingerprint density at radius 1 is 1.28 bits per heavy atom. The predicted octanol–water partition coefficient (Wildman–Crippen LogP) is 0.317. The highest BCUT2D eigenvalue weighted by molar-refractivity contribution is 5.76. The van der Waals surface area contributed by atoms with E-state index in [9.17, 15) is 4.79 Å². The number of anilines is 2. The fourth-order valence-corrected chi connectivity index (χ4v) is 1.52. The SMILES string of the molecule is CCNC(=O)CCNc1nc(C)nc(NN)c1C. The predicted molar refractivity (Wildman–Crippen MR) is 71.1 cm³/mol. The molecule has 0 radical (unpaired) electrons. The van der Waals surface area contributed by atoms with Gasteiger partial charge in [-0.25, -0.2) is 15.8 Å². The molecule has 0 unspecified atom stereocenters. The summed E-state index contributed by atoms with van der Waals surface area (Å²) in [5.41, 5.74) is 3.36. The number of hydrogen-bond donors (Lipinski definition) is 4. The summed E-state index contributed by atoms with van der Waals surface area (Å²) < 4.78 is 0. The molecule has 7 heteroatoms. The molecule has 0 aromatic carbocycles. The Morgan fingerprint density at radius 2 is 1.94 bits per heavy atom. The van der Waals surface area contributed by atoms with Crippen molar-refractivity contribution in [1.82, 2.24) is 15.3 Å². The fourth-order valence-electron chi connectivity index (χ4n) is 1.52. The number of aryl methyl sites for hydroxylation is 1. The molecule has 0 aliphatic rings. The number of aromatic nitrogens is 2. The fraction of sp³-hybridized carbons (Fsp3) is 0.545. The van der Waals surface area contributed by atoms with E-state index in [1.807, 2.05) is 13.8 Å². The van der Waals surface area contributed by atoms with Gasteiger partial charge in [0, 0.05) is 25.1 Å². The first-order valence-corrected chi connectivity index (χ1v) is 5.90. The maximum atomic E-state index is 11.3. The highest BCUT2D eigenvalue weighted by atomic mass is 16.1. The van der Waals surface area contributed by atoms with Crippen LogP contribution in [0.25, 0.3) is 0 Å². The first kappa shape index (κ1) is 14.2. The second kappa shape index (κ2) is 6.75. The number of nitrogens with one attached hydrogen (secondary N) is 3. The third-order valence-corrected chi connectivity index (χ3v) is 2.41. The van der Waals surface area contributed by atoms with Crippen LogP contribution >= 0.6 is 0 Å². The molecule has 0 fully saturated rings. The Morgan fingerprint density at radius 3 is 2.56 bits per heavy atom. The molecule has 0 spiro atoms. The number of hydrogen-bond acceptors (Lipinski definition) is 6. The molecule has 0 aliphatic heterocycles. The molecule has 0 bridgehead atoms. The molecule has 1 aromatic heterocycles. The zero-order valence-corrected chi connectivity index (χ0v) is 11.0. The number of amides is 1. The van der Waals surface area contributed by atoms with E-state index in [4.69, 9.17) is 5.84 Å². The van der Waals surface area contributed by atoms with Crippen molar-refractivity contribution in [3.63, 3.8) is 0 Å². The summed E-state index contributed by atoms with van der Waals surface area (Å²) >= 11 is 0. The van der Waals surface area contributed by atoms with Crippen molar-refractivity contribution in [3.8, 4) is 0 Å². The normalized spacial score (nSPS) is 10.0. The molecule has 1 aromatic rings. The molecule has 100 valence electrons. The smallest absolute Gasteiger partial charge is 0.221 e. The number of nitrogens with two attached hydrogens (primary N) is 1. The lowest BCUT2D eigenvalue weighted by Gasteiger charge is -2.12. The van der Waals surface area contributed by atoms with Crippen LogP contribution in [0.15, 0.2) is 0 Å². The van der Waals surface area contributed by atoms with Gasteiger partial charge in [0.25, 0.3) is 0 Å². The molecule has 0 saturated heterocycles. The van der Waals surface area contributed by atoms with Gasteiger partial charge in [0.1, 0.15) is 17.5 Å². The summed E-state index contributed by atoms with van der Waals surface area (Å²) in [5.74, 6) is 7.29. The zero-order chi connectivity index (χ0) is 13.5. The first-order valence-electron chi connectivity index (χ1n) is 5.90. The summed E-state index contributed by atoms with van der Waals surface area (Å²) in [7, 11) is 0. The molecule has 1 rings (SSSR count). The van der Waals surface area contributed by atoms with Gasteiger partial charge in [-0.1, -0.05) is 0 Å².